The number of hydrogen-bond donors (Lipinski definition) is 2. The predicted molar refractivity (Wildman–Crippen MR) is 366 cm³/mol. The van der Waals surface area contributed by atoms with Gasteiger partial charge in [-0.3, -0.25) is 29.3 Å². The van der Waals surface area contributed by atoms with E-state index in [0.717, 1.165) is 35.3 Å². The van der Waals surface area contributed by atoms with Crippen LogP contribution in [0, 0.1) is 0 Å². The van der Waals surface area contributed by atoms with E-state index in [1.165, 1.54) is 42.0 Å². The first-order chi connectivity index (χ1) is 45.7. The number of thiazole rings is 1. The Morgan fingerprint density at radius 3 is 1.90 bits per heavy atom. The number of nitrogens with one attached hydrogen (secondary N) is 2. The number of carbonyl (C=O) groups excluding carboxylic acids is 5. The Balaban J connectivity index is 1.02. The number of β-lactam (4-membered cyclic amide) rings is 1. The SMILES string of the molecule is C=C[C@]12SCC(C[N+]3(Cc4nn(CC)c5cc(OCc6ccc(OC)cc6)c(OCc6ccc(OC)cc6)cc5c4=O)CCCC3)=C(C(=O)OC(c3ccccc3)c3ccccc3)N1C(=O)[C@H]2NC(=O)/C(=N\OC(C)(C)C(=O)OC(C)(C)C)c1csc(NC(=O)OC(C)(C)C)n1. The van der Waals surface area contributed by atoms with Gasteiger partial charge in [0.15, 0.2) is 34.1 Å². The number of benzene rings is 5. The van der Waals surface area contributed by atoms with Crippen molar-refractivity contribution in [1.29, 1.82) is 0 Å². The molecule has 2 aromatic heterocycles. The number of anilines is 1. The predicted octanol–water partition coefficient (Wildman–Crippen LogP) is 11.6. The van der Waals surface area contributed by atoms with Crippen LogP contribution < -0.4 is 35.0 Å². The molecule has 96 heavy (non-hydrogen) atoms. The van der Waals surface area contributed by atoms with Crippen LogP contribution in [0.2, 0.25) is 0 Å². The number of aromatic nitrogens is 3. The smallest absolute Gasteiger partial charge is 0.413 e. The maximum Gasteiger partial charge on any atom is 0.413 e. The summed E-state index contributed by atoms with van der Waals surface area (Å²) in [5, 5.41) is 16.6. The van der Waals surface area contributed by atoms with E-state index in [1.54, 1.807) is 72.6 Å². The second-order valence-electron chi connectivity index (χ2n) is 26.1. The Bertz CT molecular complexity index is 4120. The van der Waals surface area contributed by atoms with Crippen molar-refractivity contribution < 1.29 is 66.5 Å². The third kappa shape index (κ3) is 15.7. The second-order valence-corrected chi connectivity index (χ2v) is 28.2. The number of carbonyl (C=O) groups is 5. The van der Waals surface area contributed by atoms with E-state index in [0.29, 0.717) is 80.4 Å². The molecule has 7 aromatic rings. The number of quaternary nitrogens is 1. The summed E-state index contributed by atoms with van der Waals surface area (Å²) in [4.78, 5) is 97.9. The molecule has 2 fully saturated rings. The second kappa shape index (κ2) is 28.8. The van der Waals surface area contributed by atoms with Gasteiger partial charge < -0.3 is 47.8 Å². The van der Waals surface area contributed by atoms with E-state index in [-0.39, 0.29) is 54.0 Å². The zero-order valence-corrected chi connectivity index (χ0v) is 57.5. The van der Waals surface area contributed by atoms with E-state index in [2.05, 4.69) is 27.4 Å². The molecule has 0 spiro atoms. The van der Waals surface area contributed by atoms with Crippen LogP contribution in [0.15, 0.2) is 161 Å². The van der Waals surface area contributed by atoms with Crippen molar-refractivity contribution >= 4 is 74.7 Å². The van der Waals surface area contributed by atoms with E-state index in [4.69, 9.17) is 43.1 Å². The van der Waals surface area contributed by atoms with Crippen molar-refractivity contribution in [2.75, 3.05) is 44.9 Å². The molecule has 0 saturated carbocycles. The number of hydrogen-bond acceptors (Lipinski definition) is 19. The Morgan fingerprint density at radius 1 is 0.781 bits per heavy atom. The minimum Gasteiger partial charge on any atom is -0.497 e. The molecule has 3 aliphatic rings. The molecular weight excluding hydrogens is 1260 g/mol. The van der Waals surface area contributed by atoms with Crippen LogP contribution in [0.5, 0.6) is 23.0 Å². The molecule has 2 N–H and O–H groups in total. The number of aryl methyl sites for hydroxylation is 1. The summed E-state index contributed by atoms with van der Waals surface area (Å²) in [6, 6.07) is 35.8. The molecule has 0 unspecified atom stereocenters. The third-order valence-corrected chi connectivity index (χ3v) is 18.6. The number of methoxy groups -OCH3 is 2. The van der Waals surface area contributed by atoms with E-state index in [1.807, 2.05) is 116 Å². The minimum absolute atomic E-state index is 0.0302. The van der Waals surface area contributed by atoms with Gasteiger partial charge in [0.2, 0.25) is 11.0 Å². The average Bonchev–Trinajstić information content (AvgIpc) is 1.45. The largest absolute Gasteiger partial charge is 0.497 e. The van der Waals surface area contributed by atoms with Gasteiger partial charge in [-0.2, -0.15) is 5.10 Å². The average molecular weight is 1350 g/mol. The summed E-state index contributed by atoms with van der Waals surface area (Å²) >= 11 is 2.25. The Morgan fingerprint density at radius 2 is 1.35 bits per heavy atom. The van der Waals surface area contributed by atoms with Crippen LogP contribution in [-0.2, 0) is 64.5 Å². The standard InChI is InChI=1S/C72H80N8O14S2/c1-13-72-62(74-63(82)58(77-94-71(9,10)66(85)92-69(3,4)5)54-44-95-67(73-54)75-68(86)93-70(6,7)8)64(83)79(72)59(65(84)91-61(47-23-17-15-18-24-47)48-25-19-16-20-26-48)49(43-96-72)39-80(35-21-22-36-80)40-53-60(81)52-37-56(89-41-45-27-31-50(87-11)32-28-45)57(38-55(52)78(14-2)76-53)90-42-46-29-33-51(88-12)34-30-46/h13,15-20,23-34,37-38,44,61-62H,1,14,21-22,35-36,39-43H2,2-12H3,(H-,73,74,75,82,86)/p+1/b77-58-/t62-,72-/m1/s1. The maximum atomic E-state index is 15.7. The number of esters is 2. The maximum absolute atomic E-state index is 15.7. The van der Waals surface area contributed by atoms with E-state index >= 15 is 14.4 Å². The molecule has 0 aliphatic carbocycles. The van der Waals surface area contributed by atoms with Gasteiger partial charge in [0, 0.05) is 42.2 Å². The van der Waals surface area contributed by atoms with Gasteiger partial charge >= 0.3 is 18.0 Å². The third-order valence-electron chi connectivity index (χ3n) is 16.3. The molecule has 0 radical (unpaired) electrons. The van der Waals surface area contributed by atoms with Crippen molar-refractivity contribution in [3.63, 3.8) is 0 Å². The van der Waals surface area contributed by atoms with Crippen molar-refractivity contribution in [3.8, 4) is 23.0 Å². The molecule has 0 bridgehead atoms. The highest BCUT2D eigenvalue weighted by Gasteiger charge is 2.65. The van der Waals surface area contributed by atoms with Crippen molar-refractivity contribution in [2.45, 2.75) is 135 Å². The normalized spacial score (nSPS) is 17.0. The highest BCUT2D eigenvalue weighted by Crippen LogP contribution is 2.52. The molecule has 504 valence electrons. The topological polar surface area (TPSA) is 247 Å². The zero-order valence-electron chi connectivity index (χ0n) is 55.8. The fourth-order valence-electron chi connectivity index (χ4n) is 11.6. The van der Waals surface area contributed by atoms with Gasteiger partial charge in [0.05, 0.1) is 38.2 Å². The number of thioether (sulfide) groups is 1. The molecule has 2 atom stereocenters. The summed E-state index contributed by atoms with van der Waals surface area (Å²) in [6.07, 6.45) is 1.38. The van der Waals surface area contributed by atoms with Gasteiger partial charge in [0.1, 0.15) is 71.3 Å². The number of oxime groups is 1. The fraction of sp³-hybridized carbons (Fsp3) is 0.375. The number of rotatable bonds is 25. The highest BCUT2D eigenvalue weighted by atomic mass is 32.2. The van der Waals surface area contributed by atoms with Gasteiger partial charge in [-0.05, 0) is 115 Å². The van der Waals surface area contributed by atoms with Gasteiger partial charge in [-0.25, -0.2) is 19.4 Å². The fourth-order valence-corrected chi connectivity index (χ4v) is 13.6. The molecular formula is C72H81N8O14S2+. The van der Waals surface area contributed by atoms with Crippen molar-refractivity contribution in [2.24, 2.45) is 5.16 Å². The molecule has 22 nitrogen and oxygen atoms in total. The van der Waals surface area contributed by atoms with Crippen LogP contribution in [0.3, 0.4) is 0 Å². The Hall–Kier alpha value is -9.52. The minimum atomic E-state index is -1.74. The van der Waals surface area contributed by atoms with Crippen molar-refractivity contribution in [1.82, 2.24) is 25.0 Å². The molecule has 5 aromatic carbocycles. The first-order valence-corrected chi connectivity index (χ1v) is 33.5. The molecule has 3 aliphatic heterocycles. The monoisotopic (exact) mass is 1350 g/mol. The van der Waals surface area contributed by atoms with Crippen LogP contribution in [0.25, 0.3) is 10.9 Å². The lowest BCUT2D eigenvalue weighted by Crippen LogP contribution is -2.78. The van der Waals surface area contributed by atoms with Crippen LogP contribution in [0.1, 0.15) is 115 Å². The van der Waals surface area contributed by atoms with Gasteiger partial charge in [0.25, 0.3) is 11.8 Å². The van der Waals surface area contributed by atoms with Crippen molar-refractivity contribution in [3.05, 3.63) is 194 Å². The molecule has 3 amide bonds. The molecule has 10 rings (SSSR count). The summed E-state index contributed by atoms with van der Waals surface area (Å²) in [5.74, 6) is -0.896. The van der Waals surface area contributed by atoms with Crippen LogP contribution >= 0.6 is 23.1 Å². The number of ether oxygens (including phenoxy) is 7. The lowest BCUT2D eigenvalue weighted by molar-refractivity contribution is -0.925. The lowest BCUT2D eigenvalue weighted by atomic mass is 9.90. The van der Waals surface area contributed by atoms with E-state index in [9.17, 15) is 14.4 Å². The summed E-state index contributed by atoms with van der Waals surface area (Å²) in [5.41, 5.74) is 0.161. The number of nitrogens with zero attached hydrogens (tertiary/aromatic N) is 6. The Labute approximate surface area is 566 Å². The Kier molecular flexibility index (Phi) is 20.8. The zero-order chi connectivity index (χ0) is 68.7. The van der Waals surface area contributed by atoms with E-state index < -0.39 is 69.4 Å². The number of fused-ring (bicyclic) bond motifs is 2. The molecule has 5 heterocycles. The van der Waals surface area contributed by atoms with Gasteiger partial charge in [-0.1, -0.05) is 103 Å². The van der Waals surface area contributed by atoms with Crippen LogP contribution in [0.4, 0.5) is 9.93 Å². The lowest BCUT2D eigenvalue weighted by Gasteiger charge is -2.58. The number of amides is 3. The summed E-state index contributed by atoms with van der Waals surface area (Å²) in [7, 11) is 3.21. The molecule has 2 saturated heterocycles. The first kappa shape index (κ1) is 69.3. The quantitative estimate of drug-likeness (QED) is 0.0103. The van der Waals surface area contributed by atoms with Crippen LogP contribution in [-0.4, -0.2) is 127 Å². The number of likely N-dealkylation sites (tertiary alicyclic amines) is 1. The highest BCUT2D eigenvalue weighted by molar-refractivity contribution is 8.01. The summed E-state index contributed by atoms with van der Waals surface area (Å²) < 4.78 is 43.6. The first-order valence-electron chi connectivity index (χ1n) is 31.6. The summed E-state index contributed by atoms with van der Waals surface area (Å²) in [6.45, 7) is 21.5. The van der Waals surface area contributed by atoms with Gasteiger partial charge in [-0.15, -0.1) is 23.1 Å². The molecule has 24 heteroatoms.